The molecular weight excluding hydrogens is 331 g/mol. The van der Waals surface area contributed by atoms with E-state index in [2.05, 4.69) is 0 Å². The molecule has 0 bridgehead atoms. The molecule has 9 heteroatoms. The molecule has 1 aromatic carbocycles. The van der Waals surface area contributed by atoms with E-state index in [4.69, 9.17) is 21.9 Å². The van der Waals surface area contributed by atoms with Gasteiger partial charge in [0.2, 0.25) is 5.91 Å². The van der Waals surface area contributed by atoms with Gasteiger partial charge < -0.3 is 9.32 Å². The first-order chi connectivity index (χ1) is 10.0. The van der Waals surface area contributed by atoms with Crippen LogP contribution in [0.3, 0.4) is 0 Å². The molecule has 22 heavy (non-hydrogen) atoms. The molecule has 2 heterocycles. The molecule has 1 fully saturated rings. The van der Waals surface area contributed by atoms with Crippen LogP contribution in [0.1, 0.15) is 0 Å². The summed E-state index contributed by atoms with van der Waals surface area (Å²) >= 11 is 5.93. The molecule has 1 aliphatic rings. The van der Waals surface area contributed by atoms with E-state index < -0.39 is 5.76 Å². The number of halogens is 2. The molecule has 120 valence electrons. The number of carbonyl (C=O) groups excluding carboxylic acids is 1. The highest BCUT2D eigenvalue weighted by atomic mass is 35.5. The Bertz CT molecular complexity index is 734. The molecule has 1 amide bonds. The van der Waals surface area contributed by atoms with Crippen molar-refractivity contribution in [1.82, 2.24) is 14.5 Å². The van der Waals surface area contributed by atoms with Crippen molar-refractivity contribution >= 4 is 41.0 Å². The summed E-state index contributed by atoms with van der Waals surface area (Å²) in [7, 11) is 0. The van der Waals surface area contributed by atoms with Gasteiger partial charge in [-0.25, -0.2) is 9.80 Å². The van der Waals surface area contributed by atoms with Crippen LogP contribution >= 0.6 is 24.0 Å². The highest BCUT2D eigenvalue weighted by molar-refractivity contribution is 6.31. The average Bonchev–Trinajstić information content (AvgIpc) is 2.76. The first kappa shape index (κ1) is 16.8. The van der Waals surface area contributed by atoms with E-state index in [0.29, 0.717) is 42.3 Å². The zero-order chi connectivity index (χ0) is 15.0. The van der Waals surface area contributed by atoms with Gasteiger partial charge in [0.15, 0.2) is 5.58 Å². The summed E-state index contributed by atoms with van der Waals surface area (Å²) in [5.74, 6) is 4.97. The van der Waals surface area contributed by atoms with E-state index in [0.717, 1.165) is 0 Å². The third-order valence-electron chi connectivity index (χ3n) is 3.59. The van der Waals surface area contributed by atoms with Crippen molar-refractivity contribution in [1.29, 1.82) is 0 Å². The van der Waals surface area contributed by atoms with Gasteiger partial charge in [-0.15, -0.1) is 12.4 Å². The predicted molar refractivity (Wildman–Crippen MR) is 85.1 cm³/mol. The van der Waals surface area contributed by atoms with Gasteiger partial charge in [-0.3, -0.25) is 15.2 Å². The summed E-state index contributed by atoms with van der Waals surface area (Å²) in [6.07, 6.45) is 0. The Balaban J connectivity index is 0.00000176. The first-order valence-electron chi connectivity index (χ1n) is 6.61. The number of nitrogens with zero attached hydrogens (tertiary/aromatic N) is 3. The number of hydrogen-bond acceptors (Lipinski definition) is 5. The van der Waals surface area contributed by atoms with Gasteiger partial charge in [0, 0.05) is 31.2 Å². The molecule has 1 saturated heterocycles. The molecule has 2 aromatic rings. The second-order valence-corrected chi connectivity index (χ2v) is 5.42. The van der Waals surface area contributed by atoms with Crippen molar-refractivity contribution in [2.45, 2.75) is 6.54 Å². The van der Waals surface area contributed by atoms with Crippen LogP contribution in [0.25, 0.3) is 11.1 Å². The molecule has 1 aliphatic heterocycles. The zero-order valence-electron chi connectivity index (χ0n) is 11.7. The standard InChI is InChI=1S/C13H15ClN4O3.ClH/c14-9-1-2-11-10(7-9)18(13(20)21-11)8-12(19)16-3-5-17(15)6-4-16;/h1-2,7H,3-6,8,15H2;1H. The second kappa shape index (κ2) is 6.70. The summed E-state index contributed by atoms with van der Waals surface area (Å²) in [6, 6.07) is 4.87. The third-order valence-corrected chi connectivity index (χ3v) is 3.82. The quantitative estimate of drug-likeness (QED) is 0.808. The Hall–Kier alpha value is -1.54. The lowest BCUT2D eigenvalue weighted by atomic mass is 10.3. The average molecular weight is 347 g/mol. The van der Waals surface area contributed by atoms with Crippen LogP contribution in [0.2, 0.25) is 5.02 Å². The van der Waals surface area contributed by atoms with E-state index in [1.165, 1.54) is 4.57 Å². The van der Waals surface area contributed by atoms with Crippen LogP contribution in [0.5, 0.6) is 0 Å². The molecule has 7 nitrogen and oxygen atoms in total. The lowest BCUT2D eigenvalue weighted by Crippen LogP contribution is -2.52. The van der Waals surface area contributed by atoms with Gasteiger partial charge in [0.1, 0.15) is 6.54 Å². The SMILES string of the molecule is Cl.NN1CCN(C(=O)Cn2c(=O)oc3ccc(Cl)cc32)CC1. The number of piperazine rings is 1. The van der Waals surface area contributed by atoms with Crippen LogP contribution in [0, 0.1) is 0 Å². The predicted octanol–water partition coefficient (Wildman–Crippen LogP) is 0.688. The minimum atomic E-state index is -0.557. The summed E-state index contributed by atoms with van der Waals surface area (Å²) in [6.45, 7) is 2.30. The van der Waals surface area contributed by atoms with Crippen LogP contribution in [0.4, 0.5) is 0 Å². The lowest BCUT2D eigenvalue weighted by Gasteiger charge is -2.32. The van der Waals surface area contributed by atoms with Gasteiger partial charge >= 0.3 is 5.76 Å². The van der Waals surface area contributed by atoms with Crippen LogP contribution in [-0.4, -0.2) is 46.6 Å². The van der Waals surface area contributed by atoms with Crippen molar-refractivity contribution in [3.8, 4) is 0 Å². The molecule has 3 rings (SSSR count). The molecule has 0 atom stereocenters. The van der Waals surface area contributed by atoms with Crippen molar-refractivity contribution in [2.75, 3.05) is 26.2 Å². The number of fused-ring (bicyclic) bond motifs is 1. The van der Waals surface area contributed by atoms with Gasteiger partial charge in [0.05, 0.1) is 5.52 Å². The maximum Gasteiger partial charge on any atom is 0.420 e. The van der Waals surface area contributed by atoms with Crippen molar-refractivity contribution < 1.29 is 9.21 Å². The first-order valence-corrected chi connectivity index (χ1v) is 6.99. The fraction of sp³-hybridized carbons (Fsp3) is 0.385. The number of benzene rings is 1. The third kappa shape index (κ3) is 3.27. The molecule has 1 aromatic heterocycles. The van der Waals surface area contributed by atoms with Gasteiger partial charge in [-0.1, -0.05) is 11.6 Å². The zero-order valence-corrected chi connectivity index (χ0v) is 13.3. The molecule has 0 aliphatic carbocycles. The summed E-state index contributed by atoms with van der Waals surface area (Å²) in [5.41, 5.74) is 0.947. The van der Waals surface area contributed by atoms with Crippen molar-refractivity contribution in [3.05, 3.63) is 33.8 Å². The number of hydrazine groups is 1. The number of carbonyl (C=O) groups is 1. The fourth-order valence-corrected chi connectivity index (χ4v) is 2.56. The molecule has 0 spiro atoms. The van der Waals surface area contributed by atoms with Crippen molar-refractivity contribution in [2.24, 2.45) is 5.84 Å². The van der Waals surface area contributed by atoms with E-state index in [-0.39, 0.29) is 24.9 Å². The van der Waals surface area contributed by atoms with E-state index in [9.17, 15) is 9.59 Å². The number of amides is 1. The van der Waals surface area contributed by atoms with Gasteiger partial charge in [-0.2, -0.15) is 0 Å². The number of nitrogens with two attached hydrogens (primary N) is 1. The minimum absolute atomic E-state index is 0. The summed E-state index contributed by atoms with van der Waals surface area (Å²) < 4.78 is 6.41. The normalized spacial score (nSPS) is 15.8. The van der Waals surface area contributed by atoms with E-state index >= 15 is 0 Å². The van der Waals surface area contributed by atoms with Crippen LogP contribution < -0.4 is 11.6 Å². The fourth-order valence-electron chi connectivity index (χ4n) is 2.39. The summed E-state index contributed by atoms with van der Waals surface area (Å²) in [4.78, 5) is 25.9. The molecule has 0 unspecified atom stereocenters. The number of rotatable bonds is 2. The maximum atomic E-state index is 12.3. The lowest BCUT2D eigenvalue weighted by molar-refractivity contribution is -0.133. The molecule has 2 N–H and O–H groups in total. The highest BCUT2D eigenvalue weighted by Crippen LogP contribution is 2.18. The topological polar surface area (TPSA) is 84.7 Å². The van der Waals surface area contributed by atoms with Gasteiger partial charge in [-0.05, 0) is 18.2 Å². The minimum Gasteiger partial charge on any atom is -0.408 e. The Labute approximate surface area is 137 Å². The molecule has 0 radical (unpaired) electrons. The van der Waals surface area contributed by atoms with Gasteiger partial charge in [0.25, 0.3) is 0 Å². The van der Waals surface area contributed by atoms with E-state index in [1.807, 2.05) is 0 Å². The number of hydrogen-bond donors (Lipinski definition) is 1. The summed E-state index contributed by atoms with van der Waals surface area (Å²) in [5, 5.41) is 2.16. The number of oxazole rings is 1. The smallest absolute Gasteiger partial charge is 0.408 e. The highest BCUT2D eigenvalue weighted by Gasteiger charge is 2.21. The van der Waals surface area contributed by atoms with Crippen LogP contribution in [0.15, 0.2) is 27.4 Å². The van der Waals surface area contributed by atoms with Crippen molar-refractivity contribution in [3.63, 3.8) is 0 Å². The maximum absolute atomic E-state index is 12.3. The Morgan fingerprint density at radius 1 is 1.27 bits per heavy atom. The largest absolute Gasteiger partial charge is 0.420 e. The Morgan fingerprint density at radius 3 is 2.64 bits per heavy atom. The Kier molecular flexibility index (Phi) is 5.12. The molecule has 0 saturated carbocycles. The monoisotopic (exact) mass is 346 g/mol. The van der Waals surface area contributed by atoms with E-state index in [1.54, 1.807) is 28.1 Å². The van der Waals surface area contributed by atoms with Crippen LogP contribution in [-0.2, 0) is 11.3 Å². The second-order valence-electron chi connectivity index (χ2n) is 4.98. The number of aromatic nitrogens is 1. The Morgan fingerprint density at radius 2 is 1.95 bits per heavy atom. The molecular formula is C13H16Cl2N4O3.